The molecule has 2 N–H and O–H groups in total. The Kier molecular flexibility index (Phi) is 14.0. The van der Waals surface area contributed by atoms with Crippen LogP contribution in [0.2, 0.25) is 0 Å². The van der Waals surface area contributed by atoms with E-state index < -0.39 is 36.4 Å². The van der Waals surface area contributed by atoms with Gasteiger partial charge in [-0.15, -0.1) is 0 Å². The summed E-state index contributed by atoms with van der Waals surface area (Å²) in [5, 5.41) is 0. The minimum absolute atomic E-state index is 0.0117. The number of ether oxygens (including phenoxy) is 6. The predicted octanol–water partition coefficient (Wildman–Crippen LogP) is 4.98. The molecule has 0 fully saturated rings. The Bertz CT molecular complexity index is 1110. The molecule has 0 unspecified atom stereocenters. The number of esters is 2. The molecule has 11 heteroatoms. The van der Waals surface area contributed by atoms with Gasteiger partial charge in [-0.2, -0.15) is 0 Å². The first-order chi connectivity index (χ1) is 19.2. The average molecular weight is 560 g/mol. The first-order valence-corrected chi connectivity index (χ1v) is 13.2. The minimum atomic E-state index is -1.08. The lowest BCUT2D eigenvalue weighted by atomic mass is 10.1. The van der Waals surface area contributed by atoms with Crippen molar-refractivity contribution in [2.45, 2.75) is 65.0 Å². The second-order valence-corrected chi connectivity index (χ2v) is 8.91. The molecule has 2 aromatic carbocycles. The molecule has 0 bridgehead atoms. The fourth-order valence-corrected chi connectivity index (χ4v) is 3.19. The van der Waals surface area contributed by atoms with Gasteiger partial charge in [-0.05, 0) is 56.0 Å². The van der Waals surface area contributed by atoms with Crippen LogP contribution in [-0.2, 0) is 30.2 Å². The molecule has 218 valence electrons. The van der Waals surface area contributed by atoms with Crippen LogP contribution < -0.4 is 15.2 Å². The molecule has 2 atom stereocenters. The SMILES string of the molecule is CCCCOC(=O)Oc1ccc(C[C@H](N)C(=O)O[C@@H](C)COC(=O)c2ccccc2)cc1OC(=O)OCCCC. The zero-order chi connectivity index (χ0) is 29.3. The zero-order valence-electron chi connectivity index (χ0n) is 23.1. The summed E-state index contributed by atoms with van der Waals surface area (Å²) in [4.78, 5) is 48.8. The number of benzene rings is 2. The summed E-state index contributed by atoms with van der Waals surface area (Å²) in [5.41, 5.74) is 6.92. The van der Waals surface area contributed by atoms with E-state index in [9.17, 15) is 19.2 Å². The van der Waals surface area contributed by atoms with Crippen molar-refractivity contribution < 1.29 is 47.6 Å². The van der Waals surface area contributed by atoms with Crippen LogP contribution in [0.25, 0.3) is 0 Å². The van der Waals surface area contributed by atoms with Crippen LogP contribution in [0.4, 0.5) is 9.59 Å². The van der Waals surface area contributed by atoms with E-state index in [1.54, 1.807) is 43.3 Å². The van der Waals surface area contributed by atoms with Crippen LogP contribution in [0.15, 0.2) is 48.5 Å². The molecule has 0 aromatic heterocycles. The van der Waals surface area contributed by atoms with Crippen molar-refractivity contribution in [3.8, 4) is 11.5 Å². The third-order valence-corrected chi connectivity index (χ3v) is 5.36. The molecule has 0 saturated heterocycles. The van der Waals surface area contributed by atoms with Crippen molar-refractivity contribution in [3.63, 3.8) is 0 Å². The summed E-state index contributed by atoms with van der Waals surface area (Å²) in [5.74, 6) is -1.43. The lowest BCUT2D eigenvalue weighted by molar-refractivity contribution is -0.151. The Balaban J connectivity index is 1.99. The van der Waals surface area contributed by atoms with Gasteiger partial charge in [-0.1, -0.05) is 51.0 Å². The maximum Gasteiger partial charge on any atom is 0.513 e. The zero-order valence-corrected chi connectivity index (χ0v) is 23.1. The number of carbonyl (C=O) groups is 4. The molecule has 0 aliphatic carbocycles. The molecule has 11 nitrogen and oxygen atoms in total. The van der Waals surface area contributed by atoms with E-state index in [1.807, 2.05) is 13.8 Å². The van der Waals surface area contributed by atoms with Crippen LogP contribution >= 0.6 is 0 Å². The lowest BCUT2D eigenvalue weighted by Crippen LogP contribution is -2.37. The Morgan fingerprint density at radius 1 is 0.800 bits per heavy atom. The molecule has 0 amide bonds. The van der Waals surface area contributed by atoms with Gasteiger partial charge in [0.25, 0.3) is 0 Å². The van der Waals surface area contributed by atoms with Crippen LogP contribution in [0, 0.1) is 0 Å². The Hall–Kier alpha value is -4.12. The first kappa shape index (κ1) is 32.1. The summed E-state index contributed by atoms with van der Waals surface area (Å²) in [6, 6.07) is 11.7. The quantitative estimate of drug-likeness (QED) is 0.136. The van der Waals surface area contributed by atoms with E-state index in [-0.39, 0.29) is 37.7 Å². The third-order valence-electron chi connectivity index (χ3n) is 5.36. The number of rotatable bonds is 15. The van der Waals surface area contributed by atoms with Gasteiger partial charge < -0.3 is 34.2 Å². The highest BCUT2D eigenvalue weighted by molar-refractivity contribution is 5.89. The Morgan fingerprint density at radius 3 is 2.00 bits per heavy atom. The monoisotopic (exact) mass is 559 g/mol. The van der Waals surface area contributed by atoms with Gasteiger partial charge in [-0.25, -0.2) is 14.4 Å². The van der Waals surface area contributed by atoms with Gasteiger partial charge in [0.2, 0.25) is 0 Å². The van der Waals surface area contributed by atoms with Crippen LogP contribution in [-0.4, -0.2) is 56.2 Å². The molecule has 0 aliphatic heterocycles. The second kappa shape index (κ2) is 17.5. The highest BCUT2D eigenvalue weighted by Crippen LogP contribution is 2.30. The molecule has 40 heavy (non-hydrogen) atoms. The fourth-order valence-electron chi connectivity index (χ4n) is 3.19. The van der Waals surface area contributed by atoms with Gasteiger partial charge >= 0.3 is 24.2 Å². The molecule has 0 aliphatic rings. The summed E-state index contributed by atoms with van der Waals surface area (Å²) in [7, 11) is 0. The summed E-state index contributed by atoms with van der Waals surface area (Å²) < 4.78 is 31.0. The van der Waals surface area contributed by atoms with Gasteiger partial charge in [0, 0.05) is 0 Å². The molecule has 0 heterocycles. The highest BCUT2D eigenvalue weighted by Gasteiger charge is 2.22. The maximum atomic E-state index is 12.5. The normalized spacial score (nSPS) is 12.0. The first-order valence-electron chi connectivity index (χ1n) is 13.2. The van der Waals surface area contributed by atoms with E-state index in [1.165, 1.54) is 12.1 Å². The number of hydrogen-bond donors (Lipinski definition) is 1. The van der Waals surface area contributed by atoms with Crippen molar-refractivity contribution in [2.24, 2.45) is 5.73 Å². The van der Waals surface area contributed by atoms with E-state index in [0.29, 0.717) is 24.0 Å². The van der Waals surface area contributed by atoms with Crippen molar-refractivity contribution >= 4 is 24.2 Å². The van der Waals surface area contributed by atoms with E-state index in [4.69, 9.17) is 34.2 Å². The molecular weight excluding hydrogens is 522 g/mol. The van der Waals surface area contributed by atoms with Gasteiger partial charge in [-0.3, -0.25) is 4.79 Å². The van der Waals surface area contributed by atoms with Crippen molar-refractivity contribution in [2.75, 3.05) is 19.8 Å². The number of nitrogens with two attached hydrogens (primary N) is 1. The molecule has 0 saturated carbocycles. The van der Waals surface area contributed by atoms with Crippen molar-refractivity contribution in [1.29, 1.82) is 0 Å². The van der Waals surface area contributed by atoms with Gasteiger partial charge in [0.05, 0.1) is 18.8 Å². The van der Waals surface area contributed by atoms with E-state index in [2.05, 4.69) is 0 Å². The van der Waals surface area contributed by atoms with Gasteiger partial charge in [0.15, 0.2) is 11.5 Å². The third kappa shape index (κ3) is 11.7. The van der Waals surface area contributed by atoms with Crippen LogP contribution in [0.1, 0.15) is 62.4 Å². The minimum Gasteiger partial charge on any atom is -0.458 e. The molecule has 0 spiro atoms. The number of unbranched alkanes of at least 4 members (excludes halogenated alkanes) is 2. The highest BCUT2D eigenvalue weighted by atomic mass is 16.7. The lowest BCUT2D eigenvalue weighted by Gasteiger charge is -2.17. The average Bonchev–Trinajstić information content (AvgIpc) is 2.93. The molecule has 2 rings (SSSR count). The second-order valence-electron chi connectivity index (χ2n) is 8.91. The van der Waals surface area contributed by atoms with Gasteiger partial charge in [0.1, 0.15) is 18.8 Å². The number of carbonyl (C=O) groups excluding carboxylic acids is 4. The fraction of sp³-hybridized carbons (Fsp3) is 0.448. The largest absolute Gasteiger partial charge is 0.513 e. The maximum absolute atomic E-state index is 12.5. The Morgan fingerprint density at radius 2 is 1.40 bits per heavy atom. The van der Waals surface area contributed by atoms with Crippen LogP contribution in [0.5, 0.6) is 11.5 Å². The standard InChI is InChI=1S/C29H37NO10/c1-4-6-15-35-28(33)39-24-14-13-21(18-25(24)40-29(34)36-16-7-5-2)17-23(30)27(32)38-20(3)19-37-26(31)22-11-9-8-10-12-22/h8-14,18,20,23H,4-7,15-17,19,30H2,1-3H3/t20-,23-/m0/s1. The van der Waals surface area contributed by atoms with E-state index >= 15 is 0 Å². The number of hydrogen-bond acceptors (Lipinski definition) is 11. The van der Waals surface area contributed by atoms with Crippen molar-refractivity contribution in [3.05, 3.63) is 59.7 Å². The van der Waals surface area contributed by atoms with Crippen LogP contribution in [0.3, 0.4) is 0 Å². The summed E-state index contributed by atoms with van der Waals surface area (Å²) in [6.45, 7) is 5.67. The molecule has 0 radical (unpaired) electrons. The molecule has 2 aromatic rings. The smallest absolute Gasteiger partial charge is 0.458 e. The van der Waals surface area contributed by atoms with E-state index in [0.717, 1.165) is 12.8 Å². The summed E-state index contributed by atoms with van der Waals surface area (Å²) in [6.07, 6.45) is 0.329. The topological polar surface area (TPSA) is 150 Å². The Labute approximate surface area is 233 Å². The molecular formula is C29H37NO10. The van der Waals surface area contributed by atoms with Crippen molar-refractivity contribution in [1.82, 2.24) is 0 Å². The summed E-state index contributed by atoms with van der Waals surface area (Å²) >= 11 is 0. The predicted molar refractivity (Wildman–Crippen MR) is 144 cm³/mol.